The van der Waals surface area contributed by atoms with Gasteiger partial charge in [-0.25, -0.2) is 0 Å². The van der Waals surface area contributed by atoms with Crippen molar-refractivity contribution in [2.45, 2.75) is 25.7 Å². The van der Waals surface area contributed by atoms with Crippen molar-refractivity contribution in [3.05, 3.63) is 29.5 Å². The van der Waals surface area contributed by atoms with E-state index in [1.807, 2.05) is 6.07 Å². The summed E-state index contributed by atoms with van der Waals surface area (Å²) in [6, 6.07) is 6.30. The standard InChI is InChI=1S/C15H20N2O/c1-10-15(11-5-7-16-8-6-11)13-9-12(18-2)3-4-14(13)17-10/h3-4,9,11,16-17H,5-8H2,1-2H3. The zero-order chi connectivity index (χ0) is 12.5. The summed E-state index contributed by atoms with van der Waals surface area (Å²) in [6.45, 7) is 4.44. The molecule has 1 fully saturated rings. The molecule has 1 aromatic heterocycles. The Morgan fingerprint density at radius 3 is 2.72 bits per heavy atom. The molecule has 3 heteroatoms. The molecule has 0 saturated carbocycles. The van der Waals surface area contributed by atoms with Crippen LogP contribution in [-0.4, -0.2) is 25.2 Å². The number of aryl methyl sites for hydroxylation is 1. The summed E-state index contributed by atoms with van der Waals surface area (Å²) in [5.74, 6) is 1.61. The van der Waals surface area contributed by atoms with Gasteiger partial charge in [0.2, 0.25) is 0 Å². The largest absolute Gasteiger partial charge is 0.497 e. The lowest BCUT2D eigenvalue weighted by Crippen LogP contribution is -2.26. The fourth-order valence-corrected chi connectivity index (χ4v) is 3.09. The van der Waals surface area contributed by atoms with E-state index in [1.54, 1.807) is 7.11 Å². The number of piperidine rings is 1. The Morgan fingerprint density at radius 2 is 2.00 bits per heavy atom. The number of ether oxygens (including phenoxy) is 1. The van der Waals surface area contributed by atoms with E-state index in [1.165, 1.54) is 35.0 Å². The summed E-state index contributed by atoms with van der Waals surface area (Å²) in [7, 11) is 1.73. The third-order valence-electron chi connectivity index (χ3n) is 3.99. The molecule has 1 saturated heterocycles. The summed E-state index contributed by atoms with van der Waals surface area (Å²) in [4.78, 5) is 3.50. The second-order valence-corrected chi connectivity index (χ2v) is 5.10. The van der Waals surface area contributed by atoms with Gasteiger partial charge in [-0.05, 0) is 62.5 Å². The molecule has 3 nitrogen and oxygen atoms in total. The smallest absolute Gasteiger partial charge is 0.119 e. The third-order valence-corrected chi connectivity index (χ3v) is 3.99. The molecule has 2 aromatic rings. The summed E-state index contributed by atoms with van der Waals surface area (Å²) in [6.07, 6.45) is 2.45. The number of aromatic amines is 1. The predicted octanol–water partition coefficient (Wildman–Crippen LogP) is 2.95. The molecule has 0 radical (unpaired) electrons. The van der Waals surface area contributed by atoms with Crippen LogP contribution in [0.3, 0.4) is 0 Å². The van der Waals surface area contributed by atoms with Gasteiger partial charge in [-0.2, -0.15) is 0 Å². The normalized spacial score (nSPS) is 17.2. The summed E-state index contributed by atoms with van der Waals surface area (Å²) < 4.78 is 5.35. The molecule has 0 bridgehead atoms. The van der Waals surface area contributed by atoms with Crippen LogP contribution < -0.4 is 10.1 Å². The highest BCUT2D eigenvalue weighted by atomic mass is 16.5. The van der Waals surface area contributed by atoms with Crippen LogP contribution >= 0.6 is 0 Å². The van der Waals surface area contributed by atoms with Crippen LogP contribution in [0.25, 0.3) is 10.9 Å². The van der Waals surface area contributed by atoms with E-state index in [9.17, 15) is 0 Å². The fraction of sp³-hybridized carbons (Fsp3) is 0.467. The number of nitrogens with one attached hydrogen (secondary N) is 2. The average Bonchev–Trinajstić information content (AvgIpc) is 2.74. The highest BCUT2D eigenvalue weighted by Gasteiger charge is 2.21. The first kappa shape index (κ1) is 11.6. The number of hydrogen-bond acceptors (Lipinski definition) is 2. The molecule has 1 aromatic carbocycles. The minimum Gasteiger partial charge on any atom is -0.497 e. The molecule has 18 heavy (non-hydrogen) atoms. The molecular formula is C15H20N2O. The van der Waals surface area contributed by atoms with E-state index in [0.29, 0.717) is 5.92 Å². The second-order valence-electron chi connectivity index (χ2n) is 5.10. The Bertz CT molecular complexity index is 553. The number of rotatable bonds is 2. The monoisotopic (exact) mass is 244 g/mol. The van der Waals surface area contributed by atoms with Crippen LogP contribution in [0.15, 0.2) is 18.2 Å². The number of benzene rings is 1. The second kappa shape index (κ2) is 4.65. The predicted molar refractivity (Wildman–Crippen MR) is 74.4 cm³/mol. The number of aromatic nitrogens is 1. The summed E-state index contributed by atoms with van der Waals surface area (Å²) in [5, 5.41) is 4.76. The van der Waals surface area contributed by atoms with Crippen molar-refractivity contribution < 1.29 is 4.74 Å². The van der Waals surface area contributed by atoms with Crippen molar-refractivity contribution in [3.63, 3.8) is 0 Å². The van der Waals surface area contributed by atoms with Gasteiger partial charge in [0.05, 0.1) is 7.11 Å². The van der Waals surface area contributed by atoms with E-state index < -0.39 is 0 Å². The lowest BCUT2D eigenvalue weighted by molar-refractivity contribution is 0.415. The van der Waals surface area contributed by atoms with Gasteiger partial charge in [-0.1, -0.05) is 0 Å². The Labute approximate surface area is 108 Å². The topological polar surface area (TPSA) is 37.0 Å². The third kappa shape index (κ3) is 1.89. The maximum atomic E-state index is 5.35. The fourth-order valence-electron chi connectivity index (χ4n) is 3.09. The van der Waals surface area contributed by atoms with Gasteiger partial charge in [-0.3, -0.25) is 0 Å². The van der Waals surface area contributed by atoms with Gasteiger partial charge in [0.1, 0.15) is 5.75 Å². The molecule has 2 N–H and O–H groups in total. The van der Waals surface area contributed by atoms with Gasteiger partial charge < -0.3 is 15.0 Å². The lowest BCUT2D eigenvalue weighted by Gasteiger charge is -2.23. The molecule has 0 aliphatic carbocycles. The van der Waals surface area contributed by atoms with E-state index in [0.717, 1.165) is 18.8 Å². The number of methoxy groups -OCH3 is 1. The van der Waals surface area contributed by atoms with E-state index >= 15 is 0 Å². The van der Waals surface area contributed by atoms with E-state index in [4.69, 9.17) is 4.74 Å². The minimum absolute atomic E-state index is 0.673. The SMILES string of the molecule is COc1ccc2[nH]c(C)c(C3CCNCC3)c2c1. The highest BCUT2D eigenvalue weighted by Crippen LogP contribution is 2.35. The number of H-pyrrole nitrogens is 1. The van der Waals surface area contributed by atoms with Crippen molar-refractivity contribution in [3.8, 4) is 5.75 Å². The Morgan fingerprint density at radius 1 is 1.22 bits per heavy atom. The molecule has 2 heterocycles. The first-order chi connectivity index (χ1) is 8.79. The van der Waals surface area contributed by atoms with E-state index in [2.05, 4.69) is 29.4 Å². The number of hydrogen-bond donors (Lipinski definition) is 2. The van der Waals surface area contributed by atoms with Gasteiger partial charge in [0.25, 0.3) is 0 Å². The van der Waals surface area contributed by atoms with E-state index in [-0.39, 0.29) is 0 Å². The zero-order valence-electron chi connectivity index (χ0n) is 11.0. The van der Waals surface area contributed by atoms with Gasteiger partial charge >= 0.3 is 0 Å². The maximum absolute atomic E-state index is 5.35. The molecule has 0 spiro atoms. The van der Waals surface area contributed by atoms with Crippen LogP contribution in [0.2, 0.25) is 0 Å². The Balaban J connectivity index is 2.10. The van der Waals surface area contributed by atoms with Crippen LogP contribution in [0, 0.1) is 6.92 Å². The van der Waals surface area contributed by atoms with Gasteiger partial charge in [0, 0.05) is 16.6 Å². The van der Waals surface area contributed by atoms with Crippen molar-refractivity contribution in [1.29, 1.82) is 0 Å². The van der Waals surface area contributed by atoms with Crippen molar-refractivity contribution in [2.24, 2.45) is 0 Å². The Hall–Kier alpha value is -1.48. The molecule has 1 aliphatic heterocycles. The molecule has 3 rings (SSSR count). The van der Waals surface area contributed by atoms with Crippen molar-refractivity contribution >= 4 is 10.9 Å². The van der Waals surface area contributed by atoms with Crippen LogP contribution in [0.1, 0.15) is 30.0 Å². The lowest BCUT2D eigenvalue weighted by atomic mass is 9.88. The molecule has 0 unspecified atom stereocenters. The first-order valence-electron chi connectivity index (χ1n) is 6.66. The van der Waals surface area contributed by atoms with Crippen molar-refractivity contribution in [2.75, 3.05) is 20.2 Å². The zero-order valence-corrected chi connectivity index (χ0v) is 11.0. The van der Waals surface area contributed by atoms with Crippen LogP contribution in [0.4, 0.5) is 0 Å². The molecular weight excluding hydrogens is 224 g/mol. The molecule has 0 amide bonds. The summed E-state index contributed by atoms with van der Waals surface area (Å²) >= 11 is 0. The van der Waals surface area contributed by atoms with Crippen LogP contribution in [0.5, 0.6) is 5.75 Å². The number of fused-ring (bicyclic) bond motifs is 1. The first-order valence-corrected chi connectivity index (χ1v) is 6.66. The average molecular weight is 244 g/mol. The highest BCUT2D eigenvalue weighted by molar-refractivity contribution is 5.86. The van der Waals surface area contributed by atoms with Crippen molar-refractivity contribution in [1.82, 2.24) is 10.3 Å². The van der Waals surface area contributed by atoms with Gasteiger partial charge in [0.15, 0.2) is 0 Å². The minimum atomic E-state index is 0.673. The van der Waals surface area contributed by atoms with Crippen LogP contribution in [-0.2, 0) is 0 Å². The maximum Gasteiger partial charge on any atom is 0.119 e. The molecule has 1 aliphatic rings. The molecule has 96 valence electrons. The van der Waals surface area contributed by atoms with Gasteiger partial charge in [-0.15, -0.1) is 0 Å². The quantitative estimate of drug-likeness (QED) is 0.852. The summed E-state index contributed by atoms with van der Waals surface area (Å²) in [5.41, 5.74) is 4.03. The molecule has 0 atom stereocenters. The Kier molecular flexibility index (Phi) is 3.00.